The van der Waals surface area contributed by atoms with Gasteiger partial charge < -0.3 is 24.6 Å². The fraction of sp³-hybridized carbons (Fsp3) is 0.478. The monoisotopic (exact) mass is 400 g/mol. The third-order valence-electron chi connectivity index (χ3n) is 5.17. The zero-order valence-electron chi connectivity index (χ0n) is 17.4. The molecule has 1 aliphatic heterocycles. The second-order valence-electron chi connectivity index (χ2n) is 7.36. The molecule has 0 unspecified atom stereocenters. The Kier molecular flexibility index (Phi) is 8.31. The van der Waals surface area contributed by atoms with E-state index in [4.69, 9.17) is 14.2 Å². The Morgan fingerprint density at radius 3 is 2.55 bits per heavy atom. The first-order valence-electron chi connectivity index (χ1n) is 10.2. The predicted molar refractivity (Wildman–Crippen MR) is 113 cm³/mol. The molecule has 0 aliphatic carbocycles. The predicted octanol–water partition coefficient (Wildman–Crippen LogP) is 2.37. The van der Waals surface area contributed by atoms with Gasteiger partial charge in [-0.05, 0) is 24.1 Å². The Balaban J connectivity index is 1.57. The standard InChI is InChI=1S/C23H32N2O4/c1-18-6-3-4-7-19(18)14-24-15-20-8-5-9-22(27-2)23(20)29-17-21(26)16-25-10-12-28-13-11-25/h3-9,21,24,26H,10-17H2,1-2H3/t21-/m0/s1. The molecule has 1 heterocycles. The molecule has 2 aromatic rings. The highest BCUT2D eigenvalue weighted by atomic mass is 16.5. The molecule has 6 heteroatoms. The number of aliphatic hydroxyl groups excluding tert-OH is 1. The Hall–Kier alpha value is -2.12. The average Bonchev–Trinajstić information content (AvgIpc) is 2.74. The molecular weight excluding hydrogens is 368 g/mol. The normalized spacial score (nSPS) is 15.8. The maximum Gasteiger partial charge on any atom is 0.165 e. The van der Waals surface area contributed by atoms with Gasteiger partial charge in [0.25, 0.3) is 0 Å². The highest BCUT2D eigenvalue weighted by Crippen LogP contribution is 2.31. The number of nitrogens with one attached hydrogen (secondary N) is 1. The number of rotatable bonds is 10. The summed E-state index contributed by atoms with van der Waals surface area (Å²) in [5.74, 6) is 1.37. The maximum absolute atomic E-state index is 10.4. The second kappa shape index (κ2) is 11.2. The van der Waals surface area contributed by atoms with Crippen LogP contribution >= 0.6 is 0 Å². The smallest absolute Gasteiger partial charge is 0.165 e. The van der Waals surface area contributed by atoms with Gasteiger partial charge in [0, 0.05) is 38.3 Å². The van der Waals surface area contributed by atoms with E-state index in [0.717, 1.165) is 38.4 Å². The van der Waals surface area contributed by atoms with Crippen molar-refractivity contribution in [2.24, 2.45) is 0 Å². The number of ether oxygens (including phenoxy) is 3. The number of β-amino-alcohol motifs (C(OH)–C–C–N with tert-alkyl or cyclic N) is 1. The van der Waals surface area contributed by atoms with Crippen LogP contribution in [0.1, 0.15) is 16.7 Å². The van der Waals surface area contributed by atoms with Gasteiger partial charge in [-0.2, -0.15) is 0 Å². The molecule has 1 saturated heterocycles. The zero-order valence-corrected chi connectivity index (χ0v) is 17.4. The molecule has 29 heavy (non-hydrogen) atoms. The molecule has 3 rings (SSSR count). The first-order valence-corrected chi connectivity index (χ1v) is 10.2. The molecule has 1 aliphatic rings. The topological polar surface area (TPSA) is 63.2 Å². The van der Waals surface area contributed by atoms with E-state index in [0.29, 0.717) is 24.6 Å². The van der Waals surface area contributed by atoms with Gasteiger partial charge in [0.05, 0.1) is 20.3 Å². The third kappa shape index (κ3) is 6.44. The van der Waals surface area contributed by atoms with Crippen LogP contribution < -0.4 is 14.8 Å². The molecule has 1 fully saturated rings. The van der Waals surface area contributed by atoms with Gasteiger partial charge >= 0.3 is 0 Å². The van der Waals surface area contributed by atoms with Crippen molar-refractivity contribution in [1.82, 2.24) is 10.2 Å². The van der Waals surface area contributed by atoms with Crippen molar-refractivity contribution in [1.29, 1.82) is 0 Å². The first-order chi connectivity index (χ1) is 14.2. The van der Waals surface area contributed by atoms with Gasteiger partial charge in [-0.25, -0.2) is 0 Å². The fourth-order valence-electron chi connectivity index (χ4n) is 3.48. The van der Waals surface area contributed by atoms with Crippen LogP contribution in [0.2, 0.25) is 0 Å². The lowest BCUT2D eigenvalue weighted by Gasteiger charge is -2.28. The van der Waals surface area contributed by atoms with Crippen LogP contribution in [0.5, 0.6) is 11.5 Å². The minimum Gasteiger partial charge on any atom is -0.493 e. The third-order valence-corrected chi connectivity index (χ3v) is 5.17. The lowest BCUT2D eigenvalue weighted by molar-refractivity contribution is 0.00436. The lowest BCUT2D eigenvalue weighted by atomic mass is 10.1. The Morgan fingerprint density at radius 1 is 1.07 bits per heavy atom. The number of morpholine rings is 1. The van der Waals surface area contributed by atoms with Crippen molar-refractivity contribution in [2.75, 3.05) is 46.6 Å². The second-order valence-corrected chi connectivity index (χ2v) is 7.36. The van der Waals surface area contributed by atoms with Gasteiger partial charge in [0.15, 0.2) is 11.5 Å². The van der Waals surface area contributed by atoms with Crippen molar-refractivity contribution < 1.29 is 19.3 Å². The van der Waals surface area contributed by atoms with E-state index in [1.165, 1.54) is 11.1 Å². The lowest BCUT2D eigenvalue weighted by Crippen LogP contribution is -2.42. The van der Waals surface area contributed by atoms with Crippen LogP contribution in [-0.4, -0.2) is 62.7 Å². The van der Waals surface area contributed by atoms with Gasteiger partial charge in [-0.1, -0.05) is 36.4 Å². The minimum absolute atomic E-state index is 0.225. The number of hydrogen-bond donors (Lipinski definition) is 2. The Bertz CT molecular complexity index is 762. The largest absolute Gasteiger partial charge is 0.493 e. The zero-order chi connectivity index (χ0) is 20.5. The number of para-hydroxylation sites is 1. The molecule has 0 bridgehead atoms. The number of methoxy groups -OCH3 is 1. The molecule has 6 nitrogen and oxygen atoms in total. The van der Waals surface area contributed by atoms with E-state index >= 15 is 0 Å². The summed E-state index contributed by atoms with van der Waals surface area (Å²) in [6, 6.07) is 14.2. The van der Waals surface area contributed by atoms with Gasteiger partial charge in [-0.15, -0.1) is 0 Å². The van der Waals surface area contributed by atoms with Crippen LogP contribution in [0, 0.1) is 6.92 Å². The van der Waals surface area contributed by atoms with Crippen LogP contribution in [0.15, 0.2) is 42.5 Å². The minimum atomic E-state index is -0.564. The van der Waals surface area contributed by atoms with Gasteiger partial charge in [0.2, 0.25) is 0 Å². The molecular formula is C23H32N2O4. The first kappa shape index (κ1) is 21.6. The summed E-state index contributed by atoms with van der Waals surface area (Å²) in [7, 11) is 1.64. The van der Waals surface area contributed by atoms with Crippen molar-refractivity contribution in [2.45, 2.75) is 26.1 Å². The number of nitrogens with zero attached hydrogens (tertiary/aromatic N) is 1. The summed E-state index contributed by atoms with van der Waals surface area (Å²) in [6.45, 7) is 7.49. The Labute approximate surface area is 173 Å². The molecule has 0 aromatic heterocycles. The van der Waals surface area contributed by atoms with Crippen LogP contribution in [-0.2, 0) is 17.8 Å². The maximum atomic E-state index is 10.4. The summed E-state index contributed by atoms with van der Waals surface area (Å²) < 4.78 is 16.9. The summed E-state index contributed by atoms with van der Waals surface area (Å²) in [6.07, 6.45) is -0.564. The molecule has 0 saturated carbocycles. The van der Waals surface area contributed by atoms with E-state index in [-0.39, 0.29) is 6.61 Å². The van der Waals surface area contributed by atoms with Gasteiger partial charge in [0.1, 0.15) is 12.7 Å². The summed E-state index contributed by atoms with van der Waals surface area (Å²) >= 11 is 0. The summed E-state index contributed by atoms with van der Waals surface area (Å²) in [5, 5.41) is 13.9. The Morgan fingerprint density at radius 2 is 1.79 bits per heavy atom. The van der Waals surface area contributed by atoms with Crippen molar-refractivity contribution >= 4 is 0 Å². The van der Waals surface area contributed by atoms with Crippen molar-refractivity contribution in [3.05, 3.63) is 59.2 Å². The SMILES string of the molecule is COc1cccc(CNCc2ccccc2C)c1OC[C@@H](O)CN1CCOCC1. The average molecular weight is 401 g/mol. The molecule has 0 radical (unpaired) electrons. The number of hydrogen-bond acceptors (Lipinski definition) is 6. The van der Waals surface area contributed by atoms with E-state index in [1.54, 1.807) is 7.11 Å². The fourth-order valence-corrected chi connectivity index (χ4v) is 3.48. The van der Waals surface area contributed by atoms with Crippen molar-refractivity contribution in [3.8, 4) is 11.5 Å². The molecule has 1 atom stereocenters. The summed E-state index contributed by atoms with van der Waals surface area (Å²) in [4.78, 5) is 2.20. The quantitative estimate of drug-likeness (QED) is 0.639. The molecule has 0 amide bonds. The number of aliphatic hydroxyl groups is 1. The molecule has 0 spiro atoms. The molecule has 158 valence electrons. The van der Waals surface area contributed by atoms with Crippen LogP contribution in [0.3, 0.4) is 0 Å². The number of aryl methyl sites for hydroxylation is 1. The van der Waals surface area contributed by atoms with Crippen LogP contribution in [0.25, 0.3) is 0 Å². The van der Waals surface area contributed by atoms with Crippen molar-refractivity contribution in [3.63, 3.8) is 0 Å². The molecule has 2 N–H and O–H groups in total. The highest BCUT2D eigenvalue weighted by Gasteiger charge is 2.17. The highest BCUT2D eigenvalue weighted by molar-refractivity contribution is 5.46. The van der Waals surface area contributed by atoms with E-state index in [2.05, 4.69) is 41.4 Å². The van der Waals surface area contributed by atoms with E-state index < -0.39 is 6.10 Å². The van der Waals surface area contributed by atoms with Gasteiger partial charge in [-0.3, -0.25) is 4.90 Å². The summed E-state index contributed by atoms with van der Waals surface area (Å²) in [5.41, 5.74) is 3.56. The number of benzene rings is 2. The van der Waals surface area contributed by atoms with E-state index in [9.17, 15) is 5.11 Å². The molecule has 2 aromatic carbocycles. The van der Waals surface area contributed by atoms with Crippen LogP contribution in [0.4, 0.5) is 0 Å². The van der Waals surface area contributed by atoms with E-state index in [1.807, 2.05) is 18.2 Å².